The fourth-order valence-corrected chi connectivity index (χ4v) is 5.18. The first kappa shape index (κ1) is 16.9. The van der Waals surface area contributed by atoms with Crippen LogP contribution in [0.3, 0.4) is 0 Å². The largest absolute Gasteiger partial charge is 0.373 e. The molecule has 2 fully saturated rings. The molecule has 0 aromatic carbocycles. The van der Waals surface area contributed by atoms with Crippen LogP contribution >= 0.6 is 23.9 Å². The van der Waals surface area contributed by atoms with Gasteiger partial charge in [0.25, 0.3) is 0 Å². The van der Waals surface area contributed by atoms with E-state index in [2.05, 4.69) is 36.3 Å². The minimum absolute atomic E-state index is 0.361. The Morgan fingerprint density at radius 1 is 0.700 bits per heavy atom. The van der Waals surface area contributed by atoms with Crippen LogP contribution in [0.2, 0.25) is 0 Å². The Bertz CT molecular complexity index is 248. The van der Waals surface area contributed by atoms with Crippen molar-refractivity contribution in [3.05, 3.63) is 0 Å². The Balaban J connectivity index is 1.59. The molecule has 0 saturated carbocycles. The number of hydrogen-bond donors (Lipinski definition) is 0. The molecule has 0 amide bonds. The molecule has 0 bridgehead atoms. The summed E-state index contributed by atoms with van der Waals surface area (Å²) in [5.74, 6) is 2.34. The summed E-state index contributed by atoms with van der Waals surface area (Å²) in [7, 11) is 0. The highest BCUT2D eigenvalue weighted by atomic mass is 32.2. The standard InChI is InChI=1S/C14H28N2O2S2/c1-11-7-15(8-12(2)17-11)19-5-6-20-16-9-13(3)18-14(4)10-16/h11-14H,5-10H2,1-4H3. The zero-order valence-electron chi connectivity index (χ0n) is 13.1. The maximum Gasteiger partial charge on any atom is 0.0687 e. The molecule has 2 heterocycles. The van der Waals surface area contributed by atoms with E-state index in [0.29, 0.717) is 24.4 Å². The van der Waals surface area contributed by atoms with Gasteiger partial charge in [-0.3, -0.25) is 0 Å². The van der Waals surface area contributed by atoms with E-state index in [1.807, 2.05) is 23.9 Å². The highest BCUT2D eigenvalue weighted by molar-refractivity contribution is 8.00. The van der Waals surface area contributed by atoms with Gasteiger partial charge in [-0.2, -0.15) is 0 Å². The Morgan fingerprint density at radius 3 is 1.30 bits per heavy atom. The van der Waals surface area contributed by atoms with Crippen molar-refractivity contribution in [2.24, 2.45) is 0 Å². The van der Waals surface area contributed by atoms with E-state index in [1.54, 1.807) is 0 Å². The monoisotopic (exact) mass is 320 g/mol. The number of nitrogens with zero attached hydrogens (tertiary/aromatic N) is 2. The van der Waals surface area contributed by atoms with Crippen LogP contribution in [0.15, 0.2) is 0 Å². The summed E-state index contributed by atoms with van der Waals surface area (Å²) in [5.41, 5.74) is 0. The van der Waals surface area contributed by atoms with Crippen molar-refractivity contribution in [3.8, 4) is 0 Å². The molecule has 4 nitrogen and oxygen atoms in total. The Hall–Kier alpha value is 0.540. The topological polar surface area (TPSA) is 24.9 Å². The first-order chi connectivity index (χ1) is 9.52. The maximum atomic E-state index is 5.76. The van der Waals surface area contributed by atoms with E-state index in [0.717, 1.165) is 26.2 Å². The molecule has 4 atom stereocenters. The molecular formula is C14H28N2O2S2. The molecule has 2 saturated heterocycles. The smallest absolute Gasteiger partial charge is 0.0687 e. The van der Waals surface area contributed by atoms with Gasteiger partial charge in [-0.15, -0.1) is 0 Å². The molecule has 20 heavy (non-hydrogen) atoms. The van der Waals surface area contributed by atoms with Crippen molar-refractivity contribution in [3.63, 3.8) is 0 Å². The van der Waals surface area contributed by atoms with Crippen LogP contribution < -0.4 is 0 Å². The van der Waals surface area contributed by atoms with Gasteiger partial charge in [0.1, 0.15) is 0 Å². The highest BCUT2D eigenvalue weighted by Gasteiger charge is 2.24. The first-order valence-corrected chi connectivity index (χ1v) is 9.48. The molecular weight excluding hydrogens is 292 g/mol. The number of morpholine rings is 2. The number of hydrogen-bond acceptors (Lipinski definition) is 6. The maximum absolute atomic E-state index is 5.76. The summed E-state index contributed by atoms with van der Waals surface area (Å²) in [6, 6.07) is 0. The fraction of sp³-hybridized carbons (Fsp3) is 1.00. The van der Waals surface area contributed by atoms with E-state index >= 15 is 0 Å². The van der Waals surface area contributed by atoms with E-state index in [9.17, 15) is 0 Å². The van der Waals surface area contributed by atoms with Crippen LogP contribution in [-0.2, 0) is 9.47 Å². The zero-order valence-corrected chi connectivity index (χ0v) is 14.7. The predicted molar refractivity (Wildman–Crippen MR) is 88.1 cm³/mol. The van der Waals surface area contributed by atoms with E-state index in [4.69, 9.17) is 9.47 Å². The molecule has 2 rings (SSSR count). The van der Waals surface area contributed by atoms with Crippen LogP contribution in [0.4, 0.5) is 0 Å². The van der Waals surface area contributed by atoms with Crippen molar-refractivity contribution in [1.82, 2.24) is 8.61 Å². The average molecular weight is 321 g/mol. The third-order valence-electron chi connectivity index (χ3n) is 3.40. The highest BCUT2D eigenvalue weighted by Crippen LogP contribution is 2.23. The second-order valence-electron chi connectivity index (χ2n) is 5.87. The lowest BCUT2D eigenvalue weighted by Gasteiger charge is -2.35. The van der Waals surface area contributed by atoms with Gasteiger partial charge in [0.05, 0.1) is 24.4 Å². The Labute approximate surface area is 132 Å². The first-order valence-electron chi connectivity index (χ1n) is 7.59. The minimum Gasteiger partial charge on any atom is -0.373 e. The van der Waals surface area contributed by atoms with Gasteiger partial charge < -0.3 is 9.47 Å². The van der Waals surface area contributed by atoms with Crippen LogP contribution in [0.1, 0.15) is 27.7 Å². The molecule has 6 heteroatoms. The lowest BCUT2D eigenvalue weighted by molar-refractivity contribution is -0.0418. The summed E-state index contributed by atoms with van der Waals surface area (Å²) < 4.78 is 16.4. The van der Waals surface area contributed by atoms with Gasteiger partial charge in [-0.05, 0) is 27.7 Å². The predicted octanol–water partition coefficient (Wildman–Crippen LogP) is 2.50. The van der Waals surface area contributed by atoms with Gasteiger partial charge in [-0.25, -0.2) is 8.61 Å². The van der Waals surface area contributed by atoms with Crippen LogP contribution in [0.5, 0.6) is 0 Å². The van der Waals surface area contributed by atoms with Crippen molar-refractivity contribution >= 4 is 23.9 Å². The van der Waals surface area contributed by atoms with E-state index < -0.39 is 0 Å². The molecule has 118 valence electrons. The molecule has 0 N–H and O–H groups in total. The average Bonchev–Trinajstić information content (AvgIpc) is 2.32. The molecule has 4 unspecified atom stereocenters. The Kier molecular flexibility index (Phi) is 6.97. The zero-order chi connectivity index (χ0) is 14.5. The minimum atomic E-state index is 0.361. The van der Waals surface area contributed by atoms with Gasteiger partial charge in [-0.1, -0.05) is 23.9 Å². The molecule has 2 aliphatic rings. The number of rotatable bonds is 5. The SMILES string of the molecule is CC1CN(SCCSN2CC(C)OC(C)C2)CC(C)O1. The third-order valence-corrected chi connectivity index (χ3v) is 5.76. The summed E-state index contributed by atoms with van der Waals surface area (Å²) >= 11 is 3.94. The van der Waals surface area contributed by atoms with E-state index in [1.165, 1.54) is 11.5 Å². The van der Waals surface area contributed by atoms with Crippen molar-refractivity contribution < 1.29 is 9.47 Å². The second-order valence-corrected chi connectivity index (χ2v) is 8.24. The molecule has 2 aliphatic heterocycles. The van der Waals surface area contributed by atoms with Crippen LogP contribution in [0, 0.1) is 0 Å². The molecule has 0 aromatic rings. The summed E-state index contributed by atoms with van der Waals surface area (Å²) in [4.78, 5) is 0. The van der Waals surface area contributed by atoms with Gasteiger partial charge in [0, 0.05) is 37.7 Å². The Morgan fingerprint density at radius 2 is 1.00 bits per heavy atom. The fourth-order valence-electron chi connectivity index (χ4n) is 2.80. The van der Waals surface area contributed by atoms with Crippen LogP contribution in [-0.4, -0.2) is 70.7 Å². The van der Waals surface area contributed by atoms with Crippen LogP contribution in [0.25, 0.3) is 0 Å². The lowest BCUT2D eigenvalue weighted by atomic mass is 10.3. The second kappa shape index (κ2) is 8.25. The van der Waals surface area contributed by atoms with Crippen molar-refractivity contribution in [1.29, 1.82) is 0 Å². The third kappa shape index (κ3) is 5.73. The summed E-state index contributed by atoms with van der Waals surface area (Å²) in [5, 5.41) is 0. The molecule has 0 aromatic heterocycles. The van der Waals surface area contributed by atoms with Gasteiger partial charge >= 0.3 is 0 Å². The molecule has 0 aliphatic carbocycles. The van der Waals surface area contributed by atoms with Gasteiger partial charge in [0.2, 0.25) is 0 Å². The number of ether oxygens (including phenoxy) is 2. The van der Waals surface area contributed by atoms with Crippen molar-refractivity contribution in [2.45, 2.75) is 52.1 Å². The molecule has 0 spiro atoms. The molecule has 0 radical (unpaired) electrons. The summed E-state index contributed by atoms with van der Waals surface area (Å²) in [6.07, 6.45) is 1.44. The quantitative estimate of drug-likeness (QED) is 0.570. The van der Waals surface area contributed by atoms with E-state index in [-0.39, 0.29) is 0 Å². The summed E-state index contributed by atoms with van der Waals surface area (Å²) in [6.45, 7) is 12.8. The normalized spacial score (nSPS) is 37.2. The lowest BCUT2D eigenvalue weighted by Crippen LogP contribution is -2.42. The van der Waals surface area contributed by atoms with Crippen molar-refractivity contribution in [2.75, 3.05) is 37.7 Å². The van der Waals surface area contributed by atoms with Gasteiger partial charge in [0.15, 0.2) is 0 Å².